The summed E-state index contributed by atoms with van der Waals surface area (Å²) in [7, 11) is 0. The fourth-order valence-corrected chi connectivity index (χ4v) is 6.47. The summed E-state index contributed by atoms with van der Waals surface area (Å²) < 4.78 is 10.7. The normalized spacial score (nSPS) is 25.9. The molecule has 242 valence electrons. The Labute approximate surface area is 290 Å². The molecule has 1 aliphatic carbocycles. The summed E-state index contributed by atoms with van der Waals surface area (Å²) in [6.45, 7) is -0.681. The minimum absolute atomic E-state index is 0. The predicted molar refractivity (Wildman–Crippen MR) is 155 cm³/mol. The molecule has 2 bridgehead atoms. The molecule has 0 aromatic heterocycles. The molecule has 7 atom stereocenters. The molecule has 2 saturated heterocycles. The van der Waals surface area contributed by atoms with Crippen molar-refractivity contribution in [2.75, 3.05) is 13.2 Å². The van der Waals surface area contributed by atoms with Gasteiger partial charge in [-0.1, -0.05) is 60.7 Å². The average molecular weight is 658 g/mol. The summed E-state index contributed by atoms with van der Waals surface area (Å²) in [5.41, 5.74) is 2.12. The zero-order chi connectivity index (χ0) is 32.7. The van der Waals surface area contributed by atoms with Crippen LogP contribution in [0.15, 0.2) is 72.8 Å². The second kappa shape index (κ2) is 13.9. The standard InChI is InChI=1S/C32H33N3O11.Na/c36-17-11-9-16(10-12-17)13-23(28(39)34-24(30(40)41)25-26(37)32(43)15-46-29(27(32)38)35(25)44)33-31(42)45-14-22-20-7-3-1-5-18(20)19-6-2-4-8-21(19)22;/h1-12,22-27,29,36-38,43-44H,13-15H2,(H,33,42)(H,34,39)(H,40,41);/q;+1/p-1/t23-,24?,25-,26-,27-,29-,32+;/m0./s1. The number of carboxylic acid groups (broad SMARTS) is 1. The summed E-state index contributed by atoms with van der Waals surface area (Å²) >= 11 is 0. The predicted octanol–water partition coefficient (Wildman–Crippen LogP) is -4.04. The number of aliphatic hydroxyl groups excluding tert-OH is 2. The second-order valence-electron chi connectivity index (χ2n) is 11.7. The third-order valence-electron chi connectivity index (χ3n) is 8.89. The van der Waals surface area contributed by atoms with E-state index in [1.54, 1.807) is 0 Å². The van der Waals surface area contributed by atoms with Gasteiger partial charge in [-0.05, 0) is 39.9 Å². The molecule has 0 saturated carbocycles. The first-order chi connectivity index (χ1) is 22.0. The number of hydroxylamine groups is 2. The van der Waals surface area contributed by atoms with Crippen LogP contribution >= 0.6 is 0 Å². The largest absolute Gasteiger partial charge is 1.00 e. The maximum atomic E-state index is 13.6. The van der Waals surface area contributed by atoms with Crippen molar-refractivity contribution in [3.05, 3.63) is 89.5 Å². The zero-order valence-electron chi connectivity index (χ0n) is 25.2. The molecule has 2 amide bonds. The molecule has 47 heavy (non-hydrogen) atoms. The Balaban J connectivity index is 0.00000433. The summed E-state index contributed by atoms with van der Waals surface area (Å²) in [5, 5.41) is 69.2. The van der Waals surface area contributed by atoms with Crippen LogP contribution in [0.5, 0.6) is 5.75 Å². The maximum Gasteiger partial charge on any atom is 1.00 e. The van der Waals surface area contributed by atoms with Crippen LogP contribution in [0.4, 0.5) is 4.79 Å². The van der Waals surface area contributed by atoms with Crippen LogP contribution < -0.4 is 45.3 Å². The number of alkyl carbamates (subject to hydrolysis) is 1. The van der Waals surface area contributed by atoms with E-state index in [1.165, 1.54) is 24.3 Å². The van der Waals surface area contributed by atoms with Gasteiger partial charge in [0.2, 0.25) is 5.91 Å². The Morgan fingerprint density at radius 3 is 2.15 bits per heavy atom. The number of fused-ring (bicyclic) bond motifs is 5. The summed E-state index contributed by atoms with van der Waals surface area (Å²) in [5.74, 6) is -3.30. The van der Waals surface area contributed by atoms with Gasteiger partial charge in [0.15, 0.2) is 6.23 Å². The summed E-state index contributed by atoms with van der Waals surface area (Å²) in [6, 6.07) is 15.7. The topological polar surface area (TPSA) is 221 Å². The number of benzene rings is 3. The maximum absolute atomic E-state index is 13.6. The molecule has 2 heterocycles. The van der Waals surface area contributed by atoms with Crippen LogP contribution in [0.3, 0.4) is 0 Å². The molecule has 6 rings (SSSR count). The van der Waals surface area contributed by atoms with E-state index in [-0.39, 0.29) is 59.3 Å². The third-order valence-corrected chi connectivity index (χ3v) is 8.89. The number of aliphatic carboxylic acids is 1. The smallest absolute Gasteiger partial charge is 0.548 e. The molecule has 14 nitrogen and oxygen atoms in total. The van der Waals surface area contributed by atoms with Crippen LogP contribution in [0, 0.1) is 0 Å². The van der Waals surface area contributed by atoms with Gasteiger partial charge >= 0.3 is 35.7 Å². The SMILES string of the molecule is O=C(N[C@@H](Cc1ccc(O)cc1)C(=O)NC(C(=O)[O-])[C@H]1[C@H](O)[C@]2(O)CO[C@@H]([C@@H]2O)N1O)OCC1c2ccccc2-c2ccccc21.[Na+]. The number of piperidine rings is 1. The van der Waals surface area contributed by atoms with Crippen molar-refractivity contribution in [2.45, 2.75) is 54.5 Å². The van der Waals surface area contributed by atoms with Gasteiger partial charge in [0, 0.05) is 12.3 Å². The molecule has 3 aromatic rings. The molecular formula is C32H32N3NaO11. The van der Waals surface area contributed by atoms with Crippen LogP contribution in [-0.4, -0.2) is 104 Å². The number of nitrogens with one attached hydrogen (secondary N) is 2. The number of carbonyl (C=O) groups excluding carboxylic acids is 3. The van der Waals surface area contributed by atoms with Crippen molar-refractivity contribution in [2.24, 2.45) is 0 Å². The number of ether oxygens (including phenoxy) is 2. The molecular weight excluding hydrogens is 625 g/mol. The Bertz CT molecular complexity index is 1600. The van der Waals surface area contributed by atoms with E-state index in [0.717, 1.165) is 22.3 Å². The number of nitrogens with zero attached hydrogens (tertiary/aromatic N) is 1. The molecule has 0 radical (unpaired) electrons. The van der Waals surface area contributed by atoms with Crippen molar-refractivity contribution in [3.8, 4) is 16.9 Å². The van der Waals surface area contributed by atoms with Gasteiger partial charge in [-0.3, -0.25) is 4.79 Å². The second-order valence-corrected chi connectivity index (χ2v) is 11.7. The molecule has 7 N–H and O–H groups in total. The number of hydrogen-bond acceptors (Lipinski definition) is 12. The number of aliphatic hydroxyl groups is 3. The van der Waals surface area contributed by atoms with Crippen molar-refractivity contribution in [3.63, 3.8) is 0 Å². The summed E-state index contributed by atoms with van der Waals surface area (Å²) in [4.78, 5) is 39.0. The molecule has 2 aliphatic heterocycles. The zero-order valence-corrected chi connectivity index (χ0v) is 27.2. The number of aromatic hydroxyl groups is 1. The van der Waals surface area contributed by atoms with Gasteiger partial charge in [0.05, 0.1) is 24.7 Å². The first-order valence-electron chi connectivity index (χ1n) is 14.6. The molecule has 1 unspecified atom stereocenters. The van der Waals surface area contributed by atoms with Crippen molar-refractivity contribution in [1.82, 2.24) is 15.7 Å². The van der Waals surface area contributed by atoms with E-state index < -0.39 is 66.7 Å². The molecule has 15 heteroatoms. The number of phenolic OH excluding ortho intramolecular Hbond substituents is 1. The van der Waals surface area contributed by atoms with Gasteiger partial charge in [-0.15, -0.1) is 0 Å². The third kappa shape index (κ3) is 6.48. The van der Waals surface area contributed by atoms with Crippen LogP contribution in [0.1, 0.15) is 22.6 Å². The quantitative estimate of drug-likeness (QED) is 0.109. The van der Waals surface area contributed by atoms with Crippen LogP contribution in [0.25, 0.3) is 11.1 Å². The fourth-order valence-electron chi connectivity index (χ4n) is 6.47. The van der Waals surface area contributed by atoms with E-state index in [1.807, 2.05) is 48.5 Å². The number of phenols is 1. The van der Waals surface area contributed by atoms with E-state index >= 15 is 0 Å². The molecule has 3 aliphatic rings. The fraction of sp³-hybridized carbons (Fsp3) is 0.344. The van der Waals surface area contributed by atoms with Gasteiger partial charge in [-0.25, -0.2) is 4.79 Å². The van der Waals surface area contributed by atoms with Crippen LogP contribution in [0.2, 0.25) is 0 Å². The number of hydrogen-bond donors (Lipinski definition) is 7. The van der Waals surface area contributed by atoms with E-state index in [9.17, 15) is 45.1 Å². The first-order valence-corrected chi connectivity index (χ1v) is 14.6. The number of rotatable bonds is 9. The van der Waals surface area contributed by atoms with Crippen molar-refractivity contribution >= 4 is 18.0 Å². The Hall–Kier alpha value is -3.57. The van der Waals surface area contributed by atoms with Crippen molar-refractivity contribution < 1.29 is 84.2 Å². The Morgan fingerprint density at radius 2 is 1.55 bits per heavy atom. The minimum Gasteiger partial charge on any atom is -0.548 e. The van der Waals surface area contributed by atoms with E-state index in [0.29, 0.717) is 5.56 Å². The Morgan fingerprint density at radius 1 is 0.957 bits per heavy atom. The molecule has 2 fully saturated rings. The first kappa shape index (κ1) is 34.8. The molecule has 0 spiro atoms. The van der Waals surface area contributed by atoms with Gasteiger partial charge in [-0.2, -0.15) is 5.06 Å². The minimum atomic E-state index is -2.34. The number of amides is 2. The van der Waals surface area contributed by atoms with Crippen molar-refractivity contribution in [1.29, 1.82) is 0 Å². The molecule has 3 aromatic carbocycles. The van der Waals surface area contributed by atoms with E-state index in [2.05, 4.69) is 10.6 Å². The summed E-state index contributed by atoms with van der Waals surface area (Å²) in [6.07, 6.45) is -6.62. The van der Waals surface area contributed by atoms with Gasteiger partial charge < -0.3 is 55.6 Å². The number of carboxylic acids is 1. The van der Waals surface area contributed by atoms with Crippen LogP contribution in [-0.2, 0) is 25.5 Å². The van der Waals surface area contributed by atoms with E-state index in [4.69, 9.17) is 9.47 Å². The number of carbonyl (C=O) groups is 3. The van der Waals surface area contributed by atoms with Gasteiger partial charge in [0.1, 0.15) is 36.2 Å². The Kier molecular flexibility index (Phi) is 10.3. The monoisotopic (exact) mass is 657 g/mol. The van der Waals surface area contributed by atoms with Gasteiger partial charge in [0.25, 0.3) is 0 Å². The average Bonchev–Trinajstić information content (AvgIpc) is 3.50.